The summed E-state index contributed by atoms with van der Waals surface area (Å²) in [5, 5.41) is 7.42. The topological polar surface area (TPSA) is 69.4 Å². The zero-order chi connectivity index (χ0) is 15.4. The molecule has 1 aliphatic heterocycles. The number of hydrogen-bond donors (Lipinski definition) is 1. The molecular weight excluding hydrogens is 318 g/mol. The second-order valence-electron chi connectivity index (χ2n) is 5.49. The minimum absolute atomic E-state index is 0. The van der Waals surface area contributed by atoms with Crippen molar-refractivity contribution in [2.45, 2.75) is 24.9 Å². The number of piperidine rings is 1. The number of rotatable bonds is 5. The second kappa shape index (κ2) is 7.77. The molecular formula is C16H22ClN3O3. The zero-order valence-electron chi connectivity index (χ0n) is 13.4. The second-order valence-corrected chi connectivity index (χ2v) is 5.49. The van der Waals surface area contributed by atoms with Crippen molar-refractivity contribution < 1.29 is 14.0 Å². The van der Waals surface area contributed by atoms with E-state index in [4.69, 9.17) is 14.0 Å². The largest absolute Gasteiger partial charge is 0.497 e. The molecule has 7 heteroatoms. The lowest BCUT2D eigenvalue weighted by atomic mass is 9.92. The normalized spacial score (nSPS) is 16.6. The van der Waals surface area contributed by atoms with E-state index in [0.717, 1.165) is 37.2 Å². The van der Waals surface area contributed by atoms with Crippen molar-refractivity contribution in [3.8, 4) is 5.75 Å². The molecule has 1 N–H and O–H groups in total. The van der Waals surface area contributed by atoms with Gasteiger partial charge in [-0.15, -0.1) is 12.4 Å². The molecule has 1 aromatic carbocycles. The van der Waals surface area contributed by atoms with Crippen LogP contribution in [0.1, 0.15) is 30.1 Å². The van der Waals surface area contributed by atoms with Crippen LogP contribution in [0.5, 0.6) is 5.75 Å². The molecule has 0 radical (unpaired) electrons. The van der Waals surface area contributed by atoms with Gasteiger partial charge in [0.05, 0.1) is 7.11 Å². The van der Waals surface area contributed by atoms with E-state index in [9.17, 15) is 0 Å². The Labute approximate surface area is 142 Å². The van der Waals surface area contributed by atoms with Crippen LogP contribution < -0.4 is 10.1 Å². The Hall–Kier alpha value is -1.63. The van der Waals surface area contributed by atoms with E-state index < -0.39 is 5.60 Å². The highest BCUT2D eigenvalue weighted by atomic mass is 35.5. The summed E-state index contributed by atoms with van der Waals surface area (Å²) in [6.07, 6.45) is 2.31. The lowest BCUT2D eigenvalue weighted by Crippen LogP contribution is -2.41. The van der Waals surface area contributed by atoms with Gasteiger partial charge < -0.3 is 19.3 Å². The summed E-state index contributed by atoms with van der Waals surface area (Å²) in [6.45, 7) is 1.79. The maximum Gasteiger partial charge on any atom is 0.258 e. The Morgan fingerprint density at radius 1 is 1.17 bits per heavy atom. The Morgan fingerprint density at radius 2 is 1.87 bits per heavy atom. The van der Waals surface area contributed by atoms with Crippen molar-refractivity contribution in [3.63, 3.8) is 0 Å². The highest BCUT2D eigenvalue weighted by Crippen LogP contribution is 2.33. The van der Waals surface area contributed by atoms with Gasteiger partial charge >= 0.3 is 0 Å². The molecule has 0 aliphatic carbocycles. The number of aromatic nitrogens is 2. The molecule has 126 valence electrons. The van der Waals surface area contributed by atoms with E-state index in [-0.39, 0.29) is 12.4 Å². The smallest absolute Gasteiger partial charge is 0.258 e. The molecule has 1 saturated heterocycles. The first kappa shape index (κ1) is 17.7. The van der Waals surface area contributed by atoms with Crippen molar-refractivity contribution in [1.82, 2.24) is 15.5 Å². The van der Waals surface area contributed by atoms with Crippen LogP contribution in [0.25, 0.3) is 0 Å². The molecule has 0 atom stereocenters. The molecule has 0 amide bonds. The molecule has 1 fully saturated rings. The maximum absolute atomic E-state index is 5.71. The number of ether oxygens (including phenoxy) is 2. The Morgan fingerprint density at radius 3 is 2.48 bits per heavy atom. The minimum Gasteiger partial charge on any atom is -0.497 e. The summed E-state index contributed by atoms with van der Waals surface area (Å²) in [6, 6.07) is 7.87. The van der Waals surface area contributed by atoms with Gasteiger partial charge in [0.2, 0.25) is 0 Å². The van der Waals surface area contributed by atoms with Gasteiger partial charge in [0, 0.05) is 13.5 Å². The summed E-state index contributed by atoms with van der Waals surface area (Å²) in [7, 11) is 3.36. The van der Waals surface area contributed by atoms with Gasteiger partial charge in [0.15, 0.2) is 5.82 Å². The SMILES string of the molecule is COc1ccc(Cc2noc(C3(OC)CCNCC3)n2)cc1.Cl. The zero-order valence-corrected chi connectivity index (χ0v) is 14.2. The lowest BCUT2D eigenvalue weighted by Gasteiger charge is -2.32. The quantitative estimate of drug-likeness (QED) is 0.901. The molecule has 2 aromatic rings. The molecule has 3 rings (SSSR count). The summed E-state index contributed by atoms with van der Waals surface area (Å²) < 4.78 is 16.3. The van der Waals surface area contributed by atoms with Gasteiger partial charge in [0.1, 0.15) is 11.4 Å². The van der Waals surface area contributed by atoms with Gasteiger partial charge in [0.25, 0.3) is 5.89 Å². The Kier molecular flexibility index (Phi) is 5.98. The van der Waals surface area contributed by atoms with Crippen LogP contribution in [0.3, 0.4) is 0 Å². The minimum atomic E-state index is -0.448. The predicted molar refractivity (Wildman–Crippen MR) is 88.1 cm³/mol. The lowest BCUT2D eigenvalue weighted by molar-refractivity contribution is -0.0622. The summed E-state index contributed by atoms with van der Waals surface area (Å²) in [5.74, 6) is 2.10. The number of benzene rings is 1. The Balaban J connectivity index is 0.00000192. The van der Waals surface area contributed by atoms with Crippen LogP contribution in [0.15, 0.2) is 28.8 Å². The van der Waals surface area contributed by atoms with Crippen LogP contribution in [0.2, 0.25) is 0 Å². The summed E-state index contributed by atoms with van der Waals surface area (Å²) >= 11 is 0. The molecule has 0 bridgehead atoms. The first-order chi connectivity index (χ1) is 10.8. The van der Waals surface area contributed by atoms with E-state index in [0.29, 0.717) is 18.1 Å². The molecule has 23 heavy (non-hydrogen) atoms. The number of nitrogens with one attached hydrogen (secondary N) is 1. The van der Waals surface area contributed by atoms with E-state index in [2.05, 4.69) is 15.5 Å². The third kappa shape index (κ3) is 3.83. The van der Waals surface area contributed by atoms with Gasteiger partial charge in [-0.25, -0.2) is 0 Å². The van der Waals surface area contributed by atoms with Gasteiger partial charge in [-0.3, -0.25) is 0 Å². The van der Waals surface area contributed by atoms with E-state index in [1.165, 1.54) is 0 Å². The van der Waals surface area contributed by atoms with Crippen LogP contribution in [0.4, 0.5) is 0 Å². The molecule has 2 heterocycles. The fourth-order valence-corrected chi connectivity index (χ4v) is 2.77. The third-order valence-corrected chi connectivity index (χ3v) is 4.18. The number of nitrogens with zero attached hydrogens (tertiary/aromatic N) is 2. The van der Waals surface area contributed by atoms with E-state index >= 15 is 0 Å². The van der Waals surface area contributed by atoms with Crippen molar-refractivity contribution in [2.75, 3.05) is 27.3 Å². The van der Waals surface area contributed by atoms with Crippen LogP contribution in [0, 0.1) is 0 Å². The van der Waals surface area contributed by atoms with Crippen molar-refractivity contribution in [1.29, 1.82) is 0 Å². The monoisotopic (exact) mass is 339 g/mol. The van der Waals surface area contributed by atoms with Crippen molar-refractivity contribution >= 4 is 12.4 Å². The van der Waals surface area contributed by atoms with Crippen LogP contribution >= 0.6 is 12.4 Å². The number of halogens is 1. The molecule has 0 unspecified atom stereocenters. The standard InChI is InChI=1S/C16H21N3O3.ClH/c1-20-13-5-3-12(4-6-13)11-14-18-15(22-19-14)16(21-2)7-9-17-10-8-16;/h3-6,17H,7-11H2,1-2H3;1H. The van der Waals surface area contributed by atoms with Gasteiger partial charge in [-0.2, -0.15) is 4.98 Å². The molecule has 0 saturated carbocycles. The summed E-state index contributed by atoms with van der Waals surface area (Å²) in [4.78, 5) is 4.55. The van der Waals surface area contributed by atoms with Crippen LogP contribution in [-0.2, 0) is 16.8 Å². The average Bonchev–Trinajstić information content (AvgIpc) is 3.05. The van der Waals surface area contributed by atoms with Gasteiger partial charge in [-0.1, -0.05) is 17.3 Å². The summed E-state index contributed by atoms with van der Waals surface area (Å²) in [5.41, 5.74) is 0.668. The maximum atomic E-state index is 5.71. The number of methoxy groups -OCH3 is 2. The Bertz CT molecular complexity index is 609. The van der Waals surface area contributed by atoms with Crippen molar-refractivity contribution in [3.05, 3.63) is 41.5 Å². The third-order valence-electron chi connectivity index (χ3n) is 4.18. The first-order valence-electron chi connectivity index (χ1n) is 7.47. The van der Waals surface area contributed by atoms with Crippen molar-refractivity contribution in [2.24, 2.45) is 0 Å². The predicted octanol–water partition coefficient (Wildman–Crippen LogP) is 2.32. The highest BCUT2D eigenvalue weighted by Gasteiger charge is 2.39. The van der Waals surface area contributed by atoms with E-state index in [1.807, 2.05) is 24.3 Å². The van der Waals surface area contributed by atoms with E-state index in [1.54, 1.807) is 14.2 Å². The highest BCUT2D eigenvalue weighted by molar-refractivity contribution is 5.85. The fraction of sp³-hybridized carbons (Fsp3) is 0.500. The number of hydrogen-bond acceptors (Lipinski definition) is 6. The molecule has 1 aliphatic rings. The molecule has 6 nitrogen and oxygen atoms in total. The van der Waals surface area contributed by atoms with Crippen LogP contribution in [-0.4, -0.2) is 37.4 Å². The molecule has 1 aromatic heterocycles. The fourth-order valence-electron chi connectivity index (χ4n) is 2.77. The molecule has 0 spiro atoms. The van der Waals surface area contributed by atoms with Gasteiger partial charge in [-0.05, 0) is 43.6 Å². The average molecular weight is 340 g/mol. The first-order valence-corrected chi connectivity index (χ1v) is 7.47.